The van der Waals surface area contributed by atoms with Crippen LogP contribution in [-0.2, 0) is 17.9 Å². The Morgan fingerprint density at radius 3 is 2.55 bits per heavy atom. The van der Waals surface area contributed by atoms with Crippen molar-refractivity contribution >= 4 is 17.1 Å². The van der Waals surface area contributed by atoms with Gasteiger partial charge in [-0.05, 0) is 19.3 Å². The largest absolute Gasteiger partial charge is 0.405 e. The number of alkyl halides is 3. The van der Waals surface area contributed by atoms with Crippen molar-refractivity contribution in [3.8, 4) is 0 Å². The minimum atomic E-state index is -4.58. The predicted octanol–water partition coefficient (Wildman–Crippen LogP) is 1.95. The van der Waals surface area contributed by atoms with Crippen LogP contribution >= 0.6 is 0 Å². The molecule has 0 unspecified atom stereocenters. The molecule has 0 atom stereocenters. The number of fused-ring (bicyclic) bond motifs is 1. The van der Waals surface area contributed by atoms with Gasteiger partial charge >= 0.3 is 11.9 Å². The molecular weight excluding hydrogens is 391 g/mol. The number of rotatable bonds is 7. The molecule has 1 aliphatic rings. The summed E-state index contributed by atoms with van der Waals surface area (Å²) in [6, 6.07) is 0.0809. The van der Waals surface area contributed by atoms with Gasteiger partial charge in [0.2, 0.25) is 5.91 Å². The van der Waals surface area contributed by atoms with Crippen molar-refractivity contribution in [3.05, 3.63) is 27.2 Å². The maximum atomic E-state index is 13.0. The van der Waals surface area contributed by atoms with Crippen LogP contribution in [0.2, 0.25) is 0 Å². The van der Waals surface area contributed by atoms with E-state index in [1.807, 2.05) is 6.92 Å². The Labute approximate surface area is 164 Å². The Balaban J connectivity index is 2.05. The van der Waals surface area contributed by atoms with Crippen LogP contribution in [0.25, 0.3) is 11.2 Å². The second kappa shape index (κ2) is 8.42. The number of carbonyl (C=O) groups is 1. The third-order valence-corrected chi connectivity index (χ3v) is 5.18. The van der Waals surface area contributed by atoms with Gasteiger partial charge in [0.05, 0.1) is 6.33 Å². The highest BCUT2D eigenvalue weighted by molar-refractivity contribution is 5.76. The normalized spacial score (nSPS) is 15.3. The van der Waals surface area contributed by atoms with Crippen molar-refractivity contribution < 1.29 is 18.0 Å². The van der Waals surface area contributed by atoms with Crippen LogP contribution in [0.4, 0.5) is 13.2 Å². The molecule has 29 heavy (non-hydrogen) atoms. The van der Waals surface area contributed by atoms with Gasteiger partial charge in [-0.25, -0.2) is 14.3 Å². The third-order valence-electron chi connectivity index (χ3n) is 5.18. The van der Waals surface area contributed by atoms with Crippen LogP contribution in [0.15, 0.2) is 15.9 Å². The van der Waals surface area contributed by atoms with Gasteiger partial charge in [0.1, 0.15) is 13.1 Å². The summed E-state index contributed by atoms with van der Waals surface area (Å²) in [5.74, 6) is -1.05. The monoisotopic (exact) mass is 415 g/mol. The Bertz CT molecular complexity index is 999. The van der Waals surface area contributed by atoms with Gasteiger partial charge in [-0.2, -0.15) is 13.2 Å². The molecule has 0 bridgehead atoms. The van der Waals surface area contributed by atoms with Crippen molar-refractivity contribution in [2.45, 2.75) is 70.8 Å². The fourth-order valence-electron chi connectivity index (χ4n) is 3.72. The summed E-state index contributed by atoms with van der Waals surface area (Å²) in [5.41, 5.74) is -0.970. The van der Waals surface area contributed by atoms with Crippen LogP contribution < -0.4 is 16.6 Å². The van der Waals surface area contributed by atoms with E-state index in [1.54, 1.807) is 9.88 Å². The maximum absolute atomic E-state index is 13.0. The zero-order chi connectivity index (χ0) is 21.2. The van der Waals surface area contributed by atoms with E-state index in [0.29, 0.717) is 17.5 Å². The molecule has 0 radical (unpaired) electrons. The summed E-state index contributed by atoms with van der Waals surface area (Å²) in [6.07, 6.45) is 2.22. The summed E-state index contributed by atoms with van der Waals surface area (Å²) in [6.45, 7) is -0.0452. The number of nitrogens with zero attached hydrogens (tertiary/aromatic N) is 4. The van der Waals surface area contributed by atoms with Crippen molar-refractivity contribution in [2.24, 2.45) is 0 Å². The smallest absolute Gasteiger partial charge is 0.345 e. The van der Waals surface area contributed by atoms with Crippen molar-refractivity contribution in [1.82, 2.24) is 24.0 Å². The Hall–Kier alpha value is -2.59. The number of nitrogens with one attached hydrogen (secondary N) is 1. The number of hydrogen-bond acceptors (Lipinski definition) is 4. The number of halogens is 3. The van der Waals surface area contributed by atoms with Gasteiger partial charge in [0, 0.05) is 12.6 Å². The Morgan fingerprint density at radius 2 is 1.93 bits per heavy atom. The molecule has 1 amide bonds. The third kappa shape index (κ3) is 4.54. The van der Waals surface area contributed by atoms with E-state index in [9.17, 15) is 27.6 Å². The molecule has 1 saturated carbocycles. The highest BCUT2D eigenvalue weighted by Crippen LogP contribution is 2.30. The van der Waals surface area contributed by atoms with Gasteiger partial charge in [-0.3, -0.25) is 14.2 Å². The van der Waals surface area contributed by atoms with E-state index in [0.717, 1.165) is 32.1 Å². The second-order valence-electron chi connectivity index (χ2n) is 7.33. The van der Waals surface area contributed by atoms with Crippen LogP contribution in [0, 0.1) is 0 Å². The first kappa shape index (κ1) is 21.1. The van der Waals surface area contributed by atoms with Crippen LogP contribution in [0.5, 0.6) is 0 Å². The number of carbonyl (C=O) groups excluding carboxylic acids is 1. The van der Waals surface area contributed by atoms with Gasteiger partial charge in [-0.15, -0.1) is 0 Å². The van der Waals surface area contributed by atoms with Crippen molar-refractivity contribution in [3.63, 3.8) is 0 Å². The Kier molecular flexibility index (Phi) is 6.13. The number of amides is 1. The first-order valence-corrected chi connectivity index (χ1v) is 9.76. The van der Waals surface area contributed by atoms with Gasteiger partial charge < -0.3 is 9.88 Å². The topological polar surface area (TPSA) is 90.9 Å². The predicted molar refractivity (Wildman–Crippen MR) is 99.7 cm³/mol. The number of hydrogen-bond donors (Lipinski definition) is 1. The standard InChI is InChI=1S/C18H24F3N5O3/c1-2-3-8-24-15-14(26(11-23-15)12-6-4-5-7-12)16(28)25(17(24)29)9-13(27)22-10-18(19,20)21/h11-12H,2-10H2,1H3,(H,22,27). The number of imidazole rings is 1. The Morgan fingerprint density at radius 1 is 1.24 bits per heavy atom. The molecule has 2 aromatic heterocycles. The number of aromatic nitrogens is 4. The highest BCUT2D eigenvalue weighted by Gasteiger charge is 2.28. The van der Waals surface area contributed by atoms with E-state index in [-0.39, 0.29) is 17.2 Å². The van der Waals surface area contributed by atoms with E-state index in [2.05, 4.69) is 4.98 Å². The molecule has 1 N–H and O–H groups in total. The zero-order valence-corrected chi connectivity index (χ0v) is 16.2. The first-order valence-electron chi connectivity index (χ1n) is 9.76. The van der Waals surface area contributed by atoms with Crippen LogP contribution in [0.3, 0.4) is 0 Å². The maximum Gasteiger partial charge on any atom is 0.405 e. The van der Waals surface area contributed by atoms with E-state index < -0.39 is 36.4 Å². The van der Waals surface area contributed by atoms with Crippen LogP contribution in [0.1, 0.15) is 51.5 Å². The van der Waals surface area contributed by atoms with Gasteiger partial charge in [0.15, 0.2) is 11.2 Å². The van der Waals surface area contributed by atoms with Crippen molar-refractivity contribution in [2.75, 3.05) is 6.54 Å². The summed E-state index contributed by atoms with van der Waals surface area (Å²) in [7, 11) is 0. The molecule has 11 heteroatoms. The fraction of sp³-hybridized carbons (Fsp3) is 0.667. The molecule has 3 rings (SSSR count). The SMILES string of the molecule is CCCCn1c(=O)n(CC(=O)NCC(F)(F)F)c(=O)c2c1ncn2C1CCCC1. The minimum Gasteiger partial charge on any atom is -0.345 e. The average molecular weight is 415 g/mol. The molecule has 8 nitrogen and oxygen atoms in total. The quantitative estimate of drug-likeness (QED) is 0.749. The lowest BCUT2D eigenvalue weighted by atomic mass is 10.2. The zero-order valence-electron chi connectivity index (χ0n) is 16.2. The fourth-order valence-corrected chi connectivity index (χ4v) is 3.72. The second-order valence-corrected chi connectivity index (χ2v) is 7.33. The number of unbranched alkanes of at least 4 members (excludes halogenated alkanes) is 1. The van der Waals surface area contributed by atoms with Crippen LogP contribution in [-0.4, -0.2) is 37.3 Å². The summed E-state index contributed by atoms with van der Waals surface area (Å²) < 4.78 is 40.8. The molecule has 0 aliphatic heterocycles. The molecule has 160 valence electrons. The molecule has 2 heterocycles. The summed E-state index contributed by atoms with van der Waals surface area (Å²) in [5, 5.41) is 1.71. The van der Waals surface area contributed by atoms with Crippen molar-refractivity contribution in [1.29, 1.82) is 0 Å². The minimum absolute atomic E-state index is 0.0809. The molecule has 2 aromatic rings. The molecule has 0 aromatic carbocycles. The van der Waals surface area contributed by atoms with Gasteiger partial charge in [-0.1, -0.05) is 26.2 Å². The molecule has 1 fully saturated rings. The molecule has 0 spiro atoms. The molecule has 0 saturated heterocycles. The lowest BCUT2D eigenvalue weighted by molar-refractivity contribution is -0.138. The van der Waals surface area contributed by atoms with E-state index in [4.69, 9.17) is 0 Å². The molecule has 1 aliphatic carbocycles. The number of aryl methyl sites for hydroxylation is 1. The highest BCUT2D eigenvalue weighted by atomic mass is 19.4. The lowest BCUT2D eigenvalue weighted by Gasteiger charge is -2.15. The lowest BCUT2D eigenvalue weighted by Crippen LogP contribution is -2.45. The van der Waals surface area contributed by atoms with E-state index >= 15 is 0 Å². The first-order chi connectivity index (χ1) is 13.7. The summed E-state index contributed by atoms with van der Waals surface area (Å²) >= 11 is 0. The van der Waals surface area contributed by atoms with Gasteiger partial charge in [0.25, 0.3) is 5.56 Å². The molecular formula is C18H24F3N5O3. The van der Waals surface area contributed by atoms with E-state index in [1.165, 1.54) is 10.9 Å². The summed E-state index contributed by atoms with van der Waals surface area (Å²) in [4.78, 5) is 42.1. The average Bonchev–Trinajstić information content (AvgIpc) is 3.32.